The second-order valence-corrected chi connectivity index (χ2v) is 6.10. The molecule has 0 aromatic carbocycles. The van der Waals surface area contributed by atoms with Gasteiger partial charge in [0.2, 0.25) is 5.91 Å². The first-order valence-electron chi connectivity index (χ1n) is 8.11. The van der Waals surface area contributed by atoms with Gasteiger partial charge in [0.25, 0.3) is 0 Å². The normalized spacial score (nSPS) is 16.3. The molecule has 1 fully saturated rings. The lowest BCUT2D eigenvalue weighted by Gasteiger charge is -2.33. The van der Waals surface area contributed by atoms with Gasteiger partial charge in [-0.2, -0.15) is 0 Å². The van der Waals surface area contributed by atoms with Crippen molar-refractivity contribution in [1.82, 2.24) is 9.80 Å². The van der Waals surface area contributed by atoms with Crippen LogP contribution in [0.3, 0.4) is 0 Å². The Balaban J connectivity index is 2.52. The highest BCUT2D eigenvalue weighted by molar-refractivity contribution is 5.79. The molecule has 0 atom stereocenters. The molecule has 0 aromatic heterocycles. The number of hydrogen-bond donors (Lipinski definition) is 0. The average molecular weight is 298 g/mol. The maximum atomic E-state index is 12.4. The summed E-state index contributed by atoms with van der Waals surface area (Å²) in [5, 5.41) is 0. The monoisotopic (exact) mass is 298 g/mol. The largest absolute Gasteiger partial charge is 0.465 e. The average Bonchev–Trinajstić information content (AvgIpc) is 2.46. The Labute approximate surface area is 128 Å². The summed E-state index contributed by atoms with van der Waals surface area (Å²) < 4.78 is 4.98. The smallest absolute Gasteiger partial charge is 0.320 e. The van der Waals surface area contributed by atoms with Gasteiger partial charge in [-0.05, 0) is 33.6 Å². The number of carbonyl (C=O) groups is 2. The van der Waals surface area contributed by atoms with E-state index in [1.165, 1.54) is 19.3 Å². The lowest BCUT2D eigenvalue weighted by molar-refractivity contribution is -0.146. The lowest BCUT2D eigenvalue weighted by Crippen LogP contribution is -2.47. The van der Waals surface area contributed by atoms with Gasteiger partial charge in [-0.3, -0.25) is 14.5 Å². The van der Waals surface area contributed by atoms with Crippen LogP contribution in [0.4, 0.5) is 0 Å². The van der Waals surface area contributed by atoms with Crippen molar-refractivity contribution in [2.45, 2.75) is 65.0 Å². The van der Waals surface area contributed by atoms with Gasteiger partial charge in [0.1, 0.15) is 0 Å². The fourth-order valence-corrected chi connectivity index (χ4v) is 2.75. The SMILES string of the molecule is CCOC(=O)CN(CC(=O)N(C)C1CCCCC1)C(C)C. The van der Waals surface area contributed by atoms with Crippen molar-refractivity contribution >= 4 is 11.9 Å². The van der Waals surface area contributed by atoms with E-state index in [0.717, 1.165) is 12.8 Å². The number of likely N-dealkylation sites (N-methyl/N-ethyl adjacent to an activating group) is 1. The Morgan fingerprint density at radius 1 is 1.14 bits per heavy atom. The predicted octanol–water partition coefficient (Wildman–Crippen LogP) is 2.05. The molecule has 0 aliphatic heterocycles. The zero-order valence-electron chi connectivity index (χ0n) is 13.9. The number of hydrogen-bond acceptors (Lipinski definition) is 4. The van der Waals surface area contributed by atoms with Crippen molar-refractivity contribution in [2.24, 2.45) is 0 Å². The first-order chi connectivity index (χ1) is 9.95. The molecule has 0 heterocycles. The van der Waals surface area contributed by atoms with Crippen LogP contribution in [0.2, 0.25) is 0 Å². The molecule has 122 valence electrons. The standard InChI is InChI=1S/C16H30N2O3/c1-5-21-16(20)12-18(13(2)3)11-15(19)17(4)14-9-7-6-8-10-14/h13-14H,5-12H2,1-4H3. The zero-order valence-corrected chi connectivity index (χ0v) is 13.9. The molecule has 21 heavy (non-hydrogen) atoms. The Bertz CT molecular complexity index is 338. The Morgan fingerprint density at radius 2 is 1.76 bits per heavy atom. The molecule has 1 aliphatic carbocycles. The summed E-state index contributed by atoms with van der Waals surface area (Å²) in [4.78, 5) is 27.8. The number of esters is 1. The molecule has 0 N–H and O–H groups in total. The predicted molar refractivity (Wildman–Crippen MR) is 83.0 cm³/mol. The van der Waals surface area contributed by atoms with Crippen LogP contribution in [-0.4, -0.2) is 60.5 Å². The number of nitrogens with zero attached hydrogens (tertiary/aromatic N) is 2. The van der Waals surface area contributed by atoms with Gasteiger partial charge in [0.15, 0.2) is 0 Å². The van der Waals surface area contributed by atoms with Crippen LogP contribution in [0, 0.1) is 0 Å². The molecular weight excluding hydrogens is 268 g/mol. The van der Waals surface area contributed by atoms with Gasteiger partial charge in [0, 0.05) is 19.1 Å². The van der Waals surface area contributed by atoms with E-state index in [4.69, 9.17) is 4.74 Å². The third kappa shape index (κ3) is 6.04. The van der Waals surface area contributed by atoms with E-state index in [9.17, 15) is 9.59 Å². The van der Waals surface area contributed by atoms with Crippen molar-refractivity contribution in [3.05, 3.63) is 0 Å². The van der Waals surface area contributed by atoms with E-state index in [1.807, 2.05) is 30.7 Å². The number of ether oxygens (including phenoxy) is 1. The number of carbonyl (C=O) groups excluding carboxylic acids is 2. The topological polar surface area (TPSA) is 49.9 Å². The molecule has 1 rings (SSSR count). The Morgan fingerprint density at radius 3 is 2.29 bits per heavy atom. The van der Waals surface area contributed by atoms with E-state index < -0.39 is 0 Å². The van der Waals surface area contributed by atoms with Crippen LogP contribution >= 0.6 is 0 Å². The van der Waals surface area contributed by atoms with Crippen molar-refractivity contribution in [3.8, 4) is 0 Å². The minimum Gasteiger partial charge on any atom is -0.465 e. The molecule has 5 nitrogen and oxygen atoms in total. The quantitative estimate of drug-likeness (QED) is 0.675. The van der Waals surface area contributed by atoms with Crippen LogP contribution in [0.15, 0.2) is 0 Å². The fraction of sp³-hybridized carbons (Fsp3) is 0.875. The van der Waals surface area contributed by atoms with Gasteiger partial charge in [-0.15, -0.1) is 0 Å². The van der Waals surface area contributed by atoms with Gasteiger partial charge in [-0.25, -0.2) is 0 Å². The molecule has 1 aliphatic rings. The third-order valence-electron chi connectivity index (χ3n) is 4.22. The van der Waals surface area contributed by atoms with E-state index in [1.54, 1.807) is 6.92 Å². The minimum atomic E-state index is -0.265. The molecule has 0 bridgehead atoms. The zero-order chi connectivity index (χ0) is 15.8. The molecule has 1 saturated carbocycles. The lowest BCUT2D eigenvalue weighted by atomic mass is 9.94. The van der Waals surface area contributed by atoms with Crippen molar-refractivity contribution in [2.75, 3.05) is 26.7 Å². The van der Waals surface area contributed by atoms with Gasteiger partial charge < -0.3 is 9.64 Å². The molecule has 0 spiro atoms. The summed E-state index contributed by atoms with van der Waals surface area (Å²) in [5.74, 6) is -0.167. The van der Waals surface area contributed by atoms with Gasteiger partial charge in [-0.1, -0.05) is 19.3 Å². The van der Waals surface area contributed by atoms with Crippen LogP contribution in [0.1, 0.15) is 52.9 Å². The van der Waals surface area contributed by atoms with Crippen molar-refractivity contribution < 1.29 is 14.3 Å². The van der Waals surface area contributed by atoms with Crippen LogP contribution < -0.4 is 0 Å². The van der Waals surface area contributed by atoms with E-state index in [0.29, 0.717) is 12.6 Å². The van der Waals surface area contributed by atoms with E-state index >= 15 is 0 Å². The first kappa shape index (κ1) is 18.0. The first-order valence-corrected chi connectivity index (χ1v) is 8.11. The summed E-state index contributed by atoms with van der Waals surface area (Å²) in [6.45, 7) is 6.61. The van der Waals surface area contributed by atoms with Crippen LogP contribution in [-0.2, 0) is 14.3 Å². The summed E-state index contributed by atoms with van der Waals surface area (Å²) in [6.07, 6.45) is 5.89. The second-order valence-electron chi connectivity index (χ2n) is 6.10. The van der Waals surface area contributed by atoms with Crippen LogP contribution in [0.5, 0.6) is 0 Å². The number of rotatable bonds is 7. The molecular formula is C16H30N2O3. The highest BCUT2D eigenvalue weighted by Gasteiger charge is 2.25. The Kier molecular flexibility index (Phi) is 7.72. The van der Waals surface area contributed by atoms with Crippen molar-refractivity contribution in [3.63, 3.8) is 0 Å². The summed E-state index contributed by atoms with van der Waals surface area (Å²) in [6, 6.07) is 0.501. The van der Waals surface area contributed by atoms with Crippen LogP contribution in [0.25, 0.3) is 0 Å². The maximum absolute atomic E-state index is 12.4. The maximum Gasteiger partial charge on any atom is 0.320 e. The number of amides is 1. The molecule has 0 unspecified atom stereocenters. The van der Waals surface area contributed by atoms with Gasteiger partial charge >= 0.3 is 5.97 Å². The van der Waals surface area contributed by atoms with E-state index in [-0.39, 0.29) is 31.0 Å². The summed E-state index contributed by atoms with van der Waals surface area (Å²) >= 11 is 0. The fourth-order valence-electron chi connectivity index (χ4n) is 2.75. The molecule has 1 amide bonds. The molecule has 0 radical (unpaired) electrons. The van der Waals surface area contributed by atoms with E-state index in [2.05, 4.69) is 0 Å². The van der Waals surface area contributed by atoms with Crippen molar-refractivity contribution in [1.29, 1.82) is 0 Å². The molecule has 0 saturated heterocycles. The molecule has 5 heteroatoms. The highest BCUT2D eigenvalue weighted by atomic mass is 16.5. The summed E-state index contributed by atoms with van der Waals surface area (Å²) in [5.41, 5.74) is 0. The van der Waals surface area contributed by atoms with Gasteiger partial charge in [0.05, 0.1) is 19.7 Å². The highest BCUT2D eigenvalue weighted by Crippen LogP contribution is 2.21. The summed E-state index contributed by atoms with van der Waals surface area (Å²) in [7, 11) is 1.89. The second kappa shape index (κ2) is 9.03. The Hall–Kier alpha value is -1.10. The third-order valence-corrected chi connectivity index (χ3v) is 4.22. The molecule has 0 aromatic rings. The minimum absolute atomic E-state index is 0.0971.